The van der Waals surface area contributed by atoms with Crippen LogP contribution >= 0.6 is 12.2 Å². The number of para-hydroxylation sites is 1. The molecule has 0 radical (unpaired) electrons. The topological polar surface area (TPSA) is 27.8 Å². The third-order valence-corrected chi connectivity index (χ3v) is 3.81. The van der Waals surface area contributed by atoms with Gasteiger partial charge in [0.1, 0.15) is 4.99 Å². The largest absolute Gasteiger partial charge is 0.372 e. The molecule has 2 nitrogen and oxygen atoms in total. The van der Waals surface area contributed by atoms with Crippen LogP contribution in [-0.4, -0.2) is 9.97 Å². The normalized spacial score (nSPS) is 10.7. The van der Waals surface area contributed by atoms with Crippen molar-refractivity contribution in [3.8, 4) is 0 Å². The Hall–Kier alpha value is -2.13. The molecule has 100 valence electrons. The molecule has 0 unspecified atom stereocenters. The number of hydrogen-bond acceptors (Lipinski definition) is 1. The van der Waals surface area contributed by atoms with Crippen molar-refractivity contribution in [2.24, 2.45) is 0 Å². The molecule has 0 bridgehead atoms. The number of fused-ring (bicyclic) bond motifs is 1. The van der Waals surface area contributed by atoms with Crippen LogP contribution in [-0.2, 0) is 6.54 Å². The van der Waals surface area contributed by atoms with Gasteiger partial charge in [0.05, 0.1) is 0 Å². The predicted molar refractivity (Wildman–Crippen MR) is 88.0 cm³/mol. The van der Waals surface area contributed by atoms with Gasteiger partial charge >= 0.3 is 0 Å². The molecule has 0 aliphatic rings. The van der Waals surface area contributed by atoms with E-state index in [0.29, 0.717) is 0 Å². The van der Waals surface area contributed by atoms with E-state index in [2.05, 4.69) is 59.7 Å². The molecule has 0 saturated heterocycles. The van der Waals surface area contributed by atoms with E-state index in [-0.39, 0.29) is 0 Å². The smallest absolute Gasteiger partial charge is 0.106 e. The minimum atomic E-state index is 0.733. The second-order valence-electron chi connectivity index (χ2n) is 4.91. The van der Waals surface area contributed by atoms with Gasteiger partial charge in [0.25, 0.3) is 0 Å². The summed E-state index contributed by atoms with van der Waals surface area (Å²) in [5, 5.41) is 4.57. The molecule has 0 fully saturated rings. The number of aryl methyl sites for hydroxylation is 1. The predicted octanol–water partition coefficient (Wildman–Crippen LogP) is 3.94. The molecule has 3 rings (SSSR count). The van der Waals surface area contributed by atoms with Gasteiger partial charge in [0.2, 0.25) is 0 Å². The second kappa shape index (κ2) is 5.47. The van der Waals surface area contributed by atoms with E-state index in [1.165, 1.54) is 16.5 Å². The Labute approximate surface area is 123 Å². The van der Waals surface area contributed by atoms with Crippen molar-refractivity contribution in [3.63, 3.8) is 0 Å². The lowest BCUT2D eigenvalue weighted by molar-refractivity contribution is 0.936. The molecule has 0 aliphatic heterocycles. The van der Waals surface area contributed by atoms with Gasteiger partial charge in [-0.3, -0.25) is 0 Å². The Morgan fingerprint density at radius 1 is 1.10 bits per heavy atom. The van der Waals surface area contributed by atoms with Crippen LogP contribution < -0.4 is 5.32 Å². The third-order valence-electron chi connectivity index (χ3n) is 3.43. The van der Waals surface area contributed by atoms with Crippen molar-refractivity contribution in [2.75, 3.05) is 0 Å². The molecule has 1 heterocycles. The average Bonchev–Trinajstić information content (AvgIpc) is 2.89. The highest BCUT2D eigenvalue weighted by Crippen LogP contribution is 2.17. The summed E-state index contributed by atoms with van der Waals surface area (Å²) in [6.07, 6.45) is 2.04. The first-order chi connectivity index (χ1) is 9.74. The van der Waals surface area contributed by atoms with Crippen LogP contribution in [0.5, 0.6) is 0 Å². The van der Waals surface area contributed by atoms with E-state index < -0.39 is 0 Å². The first-order valence-electron chi connectivity index (χ1n) is 6.64. The average molecular weight is 280 g/mol. The molecule has 3 aromatic rings. The monoisotopic (exact) mass is 280 g/mol. The van der Waals surface area contributed by atoms with Crippen LogP contribution in [0, 0.1) is 6.92 Å². The van der Waals surface area contributed by atoms with Gasteiger partial charge in [-0.25, -0.2) is 0 Å². The summed E-state index contributed by atoms with van der Waals surface area (Å²) < 4.78 is 0. The van der Waals surface area contributed by atoms with E-state index in [9.17, 15) is 0 Å². The van der Waals surface area contributed by atoms with Crippen molar-refractivity contribution in [1.82, 2.24) is 10.3 Å². The quantitative estimate of drug-likeness (QED) is 0.711. The summed E-state index contributed by atoms with van der Waals surface area (Å²) in [5.74, 6) is 0. The summed E-state index contributed by atoms with van der Waals surface area (Å²) in [5.41, 5.74) is 4.69. The molecule has 2 aromatic carbocycles. The number of thiocarbonyl (C=S) groups is 1. The third kappa shape index (κ3) is 2.58. The van der Waals surface area contributed by atoms with Crippen LogP contribution in [0.25, 0.3) is 10.9 Å². The highest BCUT2D eigenvalue weighted by Gasteiger charge is 2.04. The fourth-order valence-electron chi connectivity index (χ4n) is 2.26. The molecule has 0 atom stereocenters. The molecule has 0 saturated carbocycles. The zero-order valence-electron chi connectivity index (χ0n) is 11.3. The number of rotatable bonds is 3. The van der Waals surface area contributed by atoms with Crippen LogP contribution in [0.15, 0.2) is 54.7 Å². The van der Waals surface area contributed by atoms with E-state index in [4.69, 9.17) is 12.2 Å². The first kappa shape index (κ1) is 12.9. The highest BCUT2D eigenvalue weighted by molar-refractivity contribution is 7.80. The minimum Gasteiger partial charge on any atom is -0.372 e. The van der Waals surface area contributed by atoms with Crippen LogP contribution in [0.4, 0.5) is 0 Å². The molecule has 0 spiro atoms. The molecule has 0 aliphatic carbocycles. The van der Waals surface area contributed by atoms with Gasteiger partial charge in [-0.1, -0.05) is 60.2 Å². The molecular formula is C17H16N2S. The highest BCUT2D eigenvalue weighted by atomic mass is 32.1. The van der Waals surface area contributed by atoms with Crippen LogP contribution in [0.3, 0.4) is 0 Å². The van der Waals surface area contributed by atoms with Crippen molar-refractivity contribution >= 4 is 28.1 Å². The number of aromatic nitrogens is 1. The number of nitrogens with one attached hydrogen (secondary N) is 2. The number of aromatic amines is 1. The van der Waals surface area contributed by atoms with Crippen LogP contribution in [0.2, 0.25) is 0 Å². The summed E-state index contributed by atoms with van der Waals surface area (Å²) in [7, 11) is 0. The number of benzene rings is 2. The van der Waals surface area contributed by atoms with E-state index >= 15 is 0 Å². The lowest BCUT2D eigenvalue weighted by atomic mass is 10.1. The molecule has 0 amide bonds. The van der Waals surface area contributed by atoms with E-state index in [1.807, 2.05) is 12.3 Å². The Bertz CT molecular complexity index is 741. The van der Waals surface area contributed by atoms with Gasteiger partial charge in [-0.15, -0.1) is 0 Å². The van der Waals surface area contributed by atoms with Gasteiger partial charge < -0.3 is 10.3 Å². The molecule has 20 heavy (non-hydrogen) atoms. The van der Waals surface area contributed by atoms with Crippen molar-refractivity contribution in [2.45, 2.75) is 13.5 Å². The lowest BCUT2D eigenvalue weighted by Crippen LogP contribution is -2.21. The van der Waals surface area contributed by atoms with E-state index in [0.717, 1.165) is 22.6 Å². The second-order valence-corrected chi connectivity index (χ2v) is 5.32. The lowest BCUT2D eigenvalue weighted by Gasteiger charge is -2.07. The standard InChI is InChI=1S/C17H16N2S/c1-12-6-8-13(9-7-12)17(20)19-11-14-10-18-16-5-3-2-4-15(14)16/h2-10,18H,11H2,1H3,(H,19,20). The summed E-state index contributed by atoms with van der Waals surface area (Å²) in [4.78, 5) is 4.06. The summed E-state index contributed by atoms with van der Waals surface area (Å²) >= 11 is 5.44. The minimum absolute atomic E-state index is 0.733. The first-order valence-corrected chi connectivity index (χ1v) is 7.05. The molecule has 3 heteroatoms. The maximum atomic E-state index is 5.44. The van der Waals surface area contributed by atoms with Crippen molar-refractivity contribution in [1.29, 1.82) is 0 Å². The number of hydrogen-bond donors (Lipinski definition) is 2. The van der Waals surface area contributed by atoms with Gasteiger partial charge in [0.15, 0.2) is 0 Å². The molecule has 1 aromatic heterocycles. The fraction of sp³-hybridized carbons (Fsp3) is 0.118. The van der Waals surface area contributed by atoms with Gasteiger partial charge in [-0.2, -0.15) is 0 Å². The SMILES string of the molecule is Cc1ccc(C(=S)NCc2c[nH]c3ccccc23)cc1. The summed E-state index contributed by atoms with van der Waals surface area (Å²) in [6.45, 7) is 2.81. The Morgan fingerprint density at radius 2 is 1.85 bits per heavy atom. The maximum Gasteiger partial charge on any atom is 0.106 e. The van der Waals surface area contributed by atoms with Crippen molar-refractivity contribution in [3.05, 3.63) is 71.4 Å². The van der Waals surface area contributed by atoms with Gasteiger partial charge in [-0.05, 0) is 18.6 Å². The zero-order valence-corrected chi connectivity index (χ0v) is 12.1. The van der Waals surface area contributed by atoms with E-state index in [1.54, 1.807) is 0 Å². The number of H-pyrrole nitrogens is 1. The van der Waals surface area contributed by atoms with Crippen LogP contribution in [0.1, 0.15) is 16.7 Å². The Morgan fingerprint density at radius 3 is 2.65 bits per heavy atom. The Balaban J connectivity index is 1.73. The van der Waals surface area contributed by atoms with Crippen molar-refractivity contribution < 1.29 is 0 Å². The molecular weight excluding hydrogens is 264 g/mol. The summed E-state index contributed by atoms with van der Waals surface area (Å²) in [6, 6.07) is 16.6. The fourth-order valence-corrected chi connectivity index (χ4v) is 2.47. The van der Waals surface area contributed by atoms with Gasteiger partial charge in [0, 0.05) is 29.2 Å². The molecule has 2 N–H and O–H groups in total. The zero-order chi connectivity index (χ0) is 13.9. The Kier molecular flexibility index (Phi) is 3.52. The maximum absolute atomic E-state index is 5.44.